The van der Waals surface area contributed by atoms with Crippen LogP contribution in [0.15, 0.2) is 22.7 Å². The van der Waals surface area contributed by atoms with Crippen molar-refractivity contribution in [2.75, 3.05) is 0 Å². The van der Waals surface area contributed by atoms with Gasteiger partial charge in [0, 0.05) is 10.9 Å². The fourth-order valence-electron chi connectivity index (χ4n) is 2.02. The van der Waals surface area contributed by atoms with Crippen molar-refractivity contribution in [1.29, 1.82) is 0 Å². The van der Waals surface area contributed by atoms with Crippen molar-refractivity contribution in [3.8, 4) is 0 Å². The zero-order chi connectivity index (χ0) is 9.26. The predicted octanol–water partition coefficient (Wildman–Crippen LogP) is 3.07. The number of halogens is 1. The highest BCUT2D eigenvalue weighted by atomic mass is 79.9. The van der Waals surface area contributed by atoms with E-state index in [0.29, 0.717) is 12.3 Å². The number of benzene rings is 1. The van der Waals surface area contributed by atoms with Crippen LogP contribution in [0.2, 0.25) is 0 Å². The van der Waals surface area contributed by atoms with Gasteiger partial charge in [0.15, 0.2) is 0 Å². The highest BCUT2D eigenvalue weighted by molar-refractivity contribution is 9.10. The maximum Gasteiger partial charge on any atom is 0.120 e. The Kier molecular flexibility index (Phi) is 2.49. The summed E-state index contributed by atoms with van der Waals surface area (Å²) in [6.07, 6.45) is 3.95. The summed E-state index contributed by atoms with van der Waals surface area (Å²) in [6, 6.07) is 6.38. The molecule has 1 aromatic carbocycles. The van der Waals surface area contributed by atoms with Crippen molar-refractivity contribution in [2.24, 2.45) is 0 Å². The maximum atomic E-state index is 10.4. The van der Waals surface area contributed by atoms with Crippen molar-refractivity contribution >= 4 is 22.2 Å². The third-order valence-electron chi connectivity index (χ3n) is 2.69. The molecule has 0 fully saturated rings. The first-order valence-corrected chi connectivity index (χ1v) is 5.32. The molecule has 1 unspecified atom stereocenters. The second-order valence-electron chi connectivity index (χ2n) is 3.48. The molecule has 1 nitrogen and oxygen atoms in total. The molecule has 1 atom stereocenters. The van der Waals surface area contributed by atoms with E-state index in [9.17, 15) is 4.79 Å². The molecule has 0 amide bonds. The lowest BCUT2D eigenvalue weighted by Crippen LogP contribution is -1.93. The molecule has 0 radical (unpaired) electrons. The van der Waals surface area contributed by atoms with Crippen molar-refractivity contribution in [3.05, 3.63) is 33.8 Å². The summed E-state index contributed by atoms with van der Waals surface area (Å²) in [5.74, 6) is 0.463. The summed E-state index contributed by atoms with van der Waals surface area (Å²) in [5, 5.41) is 0. The highest BCUT2D eigenvalue weighted by Crippen LogP contribution is 2.36. The molecule has 1 aliphatic carbocycles. The molecule has 2 heteroatoms. The minimum Gasteiger partial charge on any atom is -0.303 e. The number of aldehydes is 1. The fourth-order valence-corrected chi connectivity index (χ4v) is 2.40. The minimum absolute atomic E-state index is 0.463. The van der Waals surface area contributed by atoms with E-state index in [1.54, 1.807) is 0 Å². The van der Waals surface area contributed by atoms with Gasteiger partial charge in [-0.2, -0.15) is 0 Å². The van der Waals surface area contributed by atoms with E-state index < -0.39 is 0 Å². The third kappa shape index (κ3) is 1.68. The number of rotatable bonds is 2. The number of carbonyl (C=O) groups excluding carboxylic acids is 1. The second kappa shape index (κ2) is 3.62. The van der Waals surface area contributed by atoms with Gasteiger partial charge < -0.3 is 4.79 Å². The van der Waals surface area contributed by atoms with E-state index >= 15 is 0 Å². The number of fused-ring (bicyclic) bond motifs is 1. The van der Waals surface area contributed by atoms with Gasteiger partial charge in [0.2, 0.25) is 0 Å². The van der Waals surface area contributed by atoms with Crippen molar-refractivity contribution in [1.82, 2.24) is 0 Å². The molecule has 0 heterocycles. The van der Waals surface area contributed by atoms with E-state index in [0.717, 1.165) is 23.6 Å². The summed E-state index contributed by atoms with van der Waals surface area (Å²) < 4.78 is 1.11. The van der Waals surface area contributed by atoms with E-state index in [4.69, 9.17) is 0 Å². The van der Waals surface area contributed by atoms with Gasteiger partial charge in [-0.3, -0.25) is 0 Å². The summed E-state index contributed by atoms with van der Waals surface area (Å²) in [4.78, 5) is 10.4. The Bertz CT molecular complexity index is 333. The second-order valence-corrected chi connectivity index (χ2v) is 4.40. The first kappa shape index (κ1) is 8.95. The minimum atomic E-state index is 0.463. The average molecular weight is 239 g/mol. The molecule has 0 bridgehead atoms. The Morgan fingerprint density at radius 2 is 2.38 bits per heavy atom. The Balaban J connectivity index is 2.34. The largest absolute Gasteiger partial charge is 0.303 e. The van der Waals surface area contributed by atoms with Gasteiger partial charge in [0.25, 0.3) is 0 Å². The lowest BCUT2D eigenvalue weighted by molar-refractivity contribution is -0.108. The monoisotopic (exact) mass is 238 g/mol. The topological polar surface area (TPSA) is 17.1 Å². The number of aryl methyl sites for hydroxylation is 1. The van der Waals surface area contributed by atoms with Gasteiger partial charge in [0.05, 0.1) is 0 Å². The van der Waals surface area contributed by atoms with E-state index in [1.165, 1.54) is 11.1 Å². The van der Waals surface area contributed by atoms with Crippen LogP contribution in [0.3, 0.4) is 0 Å². The van der Waals surface area contributed by atoms with Crippen LogP contribution in [-0.2, 0) is 11.2 Å². The van der Waals surface area contributed by atoms with E-state index in [-0.39, 0.29) is 0 Å². The normalized spacial score (nSPS) is 19.9. The van der Waals surface area contributed by atoms with Crippen molar-refractivity contribution in [2.45, 2.75) is 25.2 Å². The molecule has 0 N–H and O–H groups in total. The molecular formula is C11H11BrO. The number of carbonyl (C=O) groups is 1. The zero-order valence-corrected chi connectivity index (χ0v) is 8.88. The van der Waals surface area contributed by atoms with Crippen LogP contribution in [0.25, 0.3) is 0 Å². The molecule has 0 saturated carbocycles. The lowest BCUT2D eigenvalue weighted by Gasteiger charge is -2.07. The molecule has 0 saturated heterocycles. The summed E-state index contributed by atoms with van der Waals surface area (Å²) in [7, 11) is 0. The molecule has 13 heavy (non-hydrogen) atoms. The summed E-state index contributed by atoms with van der Waals surface area (Å²) >= 11 is 3.46. The smallest absolute Gasteiger partial charge is 0.120 e. The molecule has 68 valence electrons. The van der Waals surface area contributed by atoms with Gasteiger partial charge in [-0.05, 0) is 42.0 Å². The van der Waals surface area contributed by atoms with Gasteiger partial charge >= 0.3 is 0 Å². The van der Waals surface area contributed by atoms with Crippen LogP contribution in [0.4, 0.5) is 0 Å². The number of hydrogen-bond acceptors (Lipinski definition) is 1. The molecule has 2 rings (SSSR count). The van der Waals surface area contributed by atoms with Crippen LogP contribution < -0.4 is 0 Å². The van der Waals surface area contributed by atoms with Crippen molar-refractivity contribution < 1.29 is 4.79 Å². The SMILES string of the molecule is O=CCC1CCc2ccc(Br)cc21. The first-order valence-electron chi connectivity index (χ1n) is 4.53. The molecule has 0 spiro atoms. The van der Waals surface area contributed by atoms with Crippen LogP contribution in [0.1, 0.15) is 29.9 Å². The Morgan fingerprint density at radius 3 is 3.15 bits per heavy atom. The third-order valence-corrected chi connectivity index (χ3v) is 3.18. The average Bonchev–Trinajstić information content (AvgIpc) is 2.49. The highest BCUT2D eigenvalue weighted by Gasteiger charge is 2.21. The molecule has 1 aromatic rings. The van der Waals surface area contributed by atoms with Gasteiger partial charge in [0.1, 0.15) is 6.29 Å². The first-order chi connectivity index (χ1) is 6.31. The maximum absolute atomic E-state index is 10.4. The van der Waals surface area contributed by atoms with Gasteiger partial charge in [-0.1, -0.05) is 22.0 Å². The molecule has 1 aliphatic rings. The van der Waals surface area contributed by atoms with E-state index in [1.807, 2.05) is 0 Å². The van der Waals surface area contributed by atoms with Crippen LogP contribution in [-0.4, -0.2) is 6.29 Å². The lowest BCUT2D eigenvalue weighted by atomic mass is 9.99. The fraction of sp³-hybridized carbons (Fsp3) is 0.364. The molecule has 0 aliphatic heterocycles. The van der Waals surface area contributed by atoms with Crippen LogP contribution in [0, 0.1) is 0 Å². The van der Waals surface area contributed by atoms with E-state index in [2.05, 4.69) is 34.1 Å². The summed E-state index contributed by atoms with van der Waals surface area (Å²) in [5.41, 5.74) is 2.77. The van der Waals surface area contributed by atoms with Gasteiger partial charge in [-0.15, -0.1) is 0 Å². The molecule has 0 aromatic heterocycles. The Morgan fingerprint density at radius 1 is 1.54 bits per heavy atom. The Labute approximate surface area is 86.3 Å². The predicted molar refractivity (Wildman–Crippen MR) is 55.9 cm³/mol. The quantitative estimate of drug-likeness (QED) is 0.725. The van der Waals surface area contributed by atoms with Crippen molar-refractivity contribution in [3.63, 3.8) is 0 Å². The number of hydrogen-bond donors (Lipinski definition) is 0. The van der Waals surface area contributed by atoms with Crippen LogP contribution in [0.5, 0.6) is 0 Å². The summed E-state index contributed by atoms with van der Waals surface area (Å²) in [6.45, 7) is 0. The van der Waals surface area contributed by atoms with Gasteiger partial charge in [-0.25, -0.2) is 0 Å². The Hall–Kier alpha value is -0.630. The standard InChI is InChI=1S/C11H11BrO/c12-10-4-3-8-1-2-9(5-6-13)11(8)7-10/h3-4,6-7,9H,1-2,5H2. The molecular weight excluding hydrogens is 228 g/mol. The van der Waals surface area contributed by atoms with Crippen LogP contribution >= 0.6 is 15.9 Å². The zero-order valence-electron chi connectivity index (χ0n) is 7.29.